The monoisotopic (exact) mass is 205 g/mol. The van der Waals surface area contributed by atoms with Gasteiger partial charge in [-0.3, -0.25) is 0 Å². The first-order valence-corrected chi connectivity index (χ1v) is 5.33. The molecule has 0 amide bonds. The molecule has 2 nitrogen and oxygen atoms in total. The fourth-order valence-corrected chi connectivity index (χ4v) is 2.04. The van der Waals surface area contributed by atoms with Crippen LogP contribution in [0, 0.1) is 0 Å². The van der Waals surface area contributed by atoms with Crippen LogP contribution in [0.2, 0.25) is 0 Å². The Morgan fingerprint density at radius 1 is 1.21 bits per heavy atom. The lowest BCUT2D eigenvalue weighted by atomic mass is 10.3. The van der Waals surface area contributed by atoms with Gasteiger partial charge in [-0.25, -0.2) is 0 Å². The summed E-state index contributed by atoms with van der Waals surface area (Å²) in [6.07, 6.45) is 3.44. The van der Waals surface area contributed by atoms with Crippen LogP contribution in [0.5, 0.6) is 0 Å². The Balaban J connectivity index is 2.02. The summed E-state index contributed by atoms with van der Waals surface area (Å²) in [4.78, 5) is 1.12. The number of nitrogen functional groups attached to an aromatic ring is 1. The Kier molecular flexibility index (Phi) is 2.79. The number of hydrogen-bond acceptors (Lipinski definition) is 3. The van der Waals surface area contributed by atoms with Crippen LogP contribution in [-0.4, -0.2) is 0 Å². The average Bonchev–Trinajstić information content (AvgIpc) is 2.69. The SMILES string of the molecule is Nc1ccccc1SCc1ccoc1. The lowest BCUT2D eigenvalue weighted by Crippen LogP contribution is -1.87. The summed E-state index contributed by atoms with van der Waals surface area (Å²) in [6, 6.07) is 9.84. The predicted octanol–water partition coefficient (Wildman–Crippen LogP) is 3.15. The lowest BCUT2D eigenvalue weighted by molar-refractivity contribution is 0.565. The molecule has 0 aliphatic rings. The molecule has 1 aromatic heterocycles. The molecule has 2 N–H and O–H groups in total. The Morgan fingerprint density at radius 2 is 2.07 bits per heavy atom. The van der Waals surface area contributed by atoms with Crippen LogP contribution < -0.4 is 5.73 Å². The maximum Gasteiger partial charge on any atom is 0.0943 e. The second-order valence-corrected chi connectivity index (χ2v) is 3.98. The van der Waals surface area contributed by atoms with Crippen molar-refractivity contribution in [3.05, 3.63) is 48.4 Å². The van der Waals surface area contributed by atoms with Crippen molar-refractivity contribution in [3.8, 4) is 0 Å². The molecule has 0 spiro atoms. The first-order valence-electron chi connectivity index (χ1n) is 4.34. The Bertz CT molecular complexity index is 397. The highest BCUT2D eigenvalue weighted by Crippen LogP contribution is 2.27. The third-order valence-corrected chi connectivity index (χ3v) is 3.05. The zero-order valence-electron chi connectivity index (χ0n) is 7.64. The van der Waals surface area contributed by atoms with Gasteiger partial charge in [-0.05, 0) is 18.2 Å². The molecule has 1 aromatic carbocycles. The molecular formula is C11H11NOS. The highest BCUT2D eigenvalue weighted by atomic mass is 32.2. The minimum atomic E-state index is 0.834. The molecular weight excluding hydrogens is 194 g/mol. The molecule has 0 aliphatic carbocycles. The first kappa shape index (κ1) is 9.21. The summed E-state index contributed by atoms with van der Waals surface area (Å²) in [5, 5.41) is 0. The highest BCUT2D eigenvalue weighted by molar-refractivity contribution is 7.98. The van der Waals surface area contributed by atoms with E-state index in [9.17, 15) is 0 Å². The number of hydrogen-bond donors (Lipinski definition) is 1. The van der Waals surface area contributed by atoms with Crippen molar-refractivity contribution in [1.82, 2.24) is 0 Å². The molecule has 0 fully saturated rings. The van der Waals surface area contributed by atoms with Crippen molar-refractivity contribution in [3.63, 3.8) is 0 Å². The van der Waals surface area contributed by atoms with E-state index in [4.69, 9.17) is 10.2 Å². The second kappa shape index (κ2) is 4.24. The van der Waals surface area contributed by atoms with E-state index >= 15 is 0 Å². The van der Waals surface area contributed by atoms with Crippen molar-refractivity contribution in [2.45, 2.75) is 10.6 Å². The van der Waals surface area contributed by atoms with E-state index in [2.05, 4.69) is 0 Å². The number of thioether (sulfide) groups is 1. The van der Waals surface area contributed by atoms with E-state index in [0.717, 1.165) is 16.3 Å². The maximum atomic E-state index is 5.82. The quantitative estimate of drug-likeness (QED) is 0.618. The van der Waals surface area contributed by atoms with Crippen LogP contribution in [0.25, 0.3) is 0 Å². The number of nitrogens with two attached hydrogens (primary N) is 1. The first-order chi connectivity index (χ1) is 6.86. The number of anilines is 1. The largest absolute Gasteiger partial charge is 0.472 e. The molecule has 0 saturated carbocycles. The molecule has 3 heteroatoms. The normalized spacial score (nSPS) is 10.3. The van der Waals surface area contributed by atoms with Gasteiger partial charge in [0.05, 0.1) is 12.5 Å². The minimum absolute atomic E-state index is 0.834. The Labute approximate surface area is 87.1 Å². The standard InChI is InChI=1S/C11H11NOS/c12-10-3-1-2-4-11(10)14-8-9-5-6-13-7-9/h1-7H,8,12H2. The molecule has 2 aromatic rings. The number of rotatable bonds is 3. The Morgan fingerprint density at radius 3 is 2.79 bits per heavy atom. The van der Waals surface area contributed by atoms with E-state index in [0.29, 0.717) is 0 Å². The third kappa shape index (κ3) is 2.12. The molecule has 0 unspecified atom stereocenters. The van der Waals surface area contributed by atoms with Crippen molar-refractivity contribution in [2.75, 3.05) is 5.73 Å². The molecule has 72 valence electrons. The number of para-hydroxylation sites is 1. The van der Waals surface area contributed by atoms with Crippen molar-refractivity contribution >= 4 is 17.4 Å². The van der Waals surface area contributed by atoms with Gasteiger partial charge in [-0.2, -0.15) is 0 Å². The van der Waals surface area contributed by atoms with Crippen LogP contribution in [0.15, 0.2) is 52.2 Å². The smallest absolute Gasteiger partial charge is 0.0943 e. The molecule has 14 heavy (non-hydrogen) atoms. The summed E-state index contributed by atoms with van der Waals surface area (Å²) < 4.78 is 4.99. The van der Waals surface area contributed by atoms with Gasteiger partial charge in [0, 0.05) is 21.9 Å². The van der Waals surface area contributed by atoms with Crippen molar-refractivity contribution in [2.24, 2.45) is 0 Å². The zero-order valence-corrected chi connectivity index (χ0v) is 8.46. The van der Waals surface area contributed by atoms with Crippen molar-refractivity contribution in [1.29, 1.82) is 0 Å². The summed E-state index contributed by atoms with van der Waals surface area (Å²) in [5.74, 6) is 0.894. The van der Waals surface area contributed by atoms with E-state index in [-0.39, 0.29) is 0 Å². The van der Waals surface area contributed by atoms with E-state index < -0.39 is 0 Å². The van der Waals surface area contributed by atoms with Crippen LogP contribution in [0.1, 0.15) is 5.56 Å². The molecule has 1 heterocycles. The maximum absolute atomic E-state index is 5.82. The predicted molar refractivity (Wildman–Crippen MR) is 59.1 cm³/mol. The van der Waals surface area contributed by atoms with Crippen LogP contribution in [0.4, 0.5) is 5.69 Å². The number of furan rings is 1. The molecule has 0 atom stereocenters. The number of benzene rings is 1. The van der Waals surface area contributed by atoms with Gasteiger partial charge in [0.25, 0.3) is 0 Å². The van der Waals surface area contributed by atoms with Gasteiger partial charge in [0.15, 0.2) is 0 Å². The Hall–Kier alpha value is -1.35. The average molecular weight is 205 g/mol. The lowest BCUT2D eigenvalue weighted by Gasteiger charge is -2.02. The summed E-state index contributed by atoms with van der Waals surface area (Å²) >= 11 is 1.72. The third-order valence-electron chi connectivity index (χ3n) is 1.89. The van der Waals surface area contributed by atoms with Crippen LogP contribution >= 0.6 is 11.8 Å². The van der Waals surface area contributed by atoms with Gasteiger partial charge >= 0.3 is 0 Å². The van der Waals surface area contributed by atoms with E-state index in [1.165, 1.54) is 5.56 Å². The summed E-state index contributed by atoms with van der Waals surface area (Å²) in [6.45, 7) is 0. The van der Waals surface area contributed by atoms with Gasteiger partial charge in [0.2, 0.25) is 0 Å². The van der Waals surface area contributed by atoms with Gasteiger partial charge in [-0.15, -0.1) is 11.8 Å². The van der Waals surface area contributed by atoms with Gasteiger partial charge in [-0.1, -0.05) is 12.1 Å². The van der Waals surface area contributed by atoms with E-state index in [1.807, 2.05) is 30.3 Å². The minimum Gasteiger partial charge on any atom is -0.472 e. The summed E-state index contributed by atoms with van der Waals surface area (Å²) in [5.41, 5.74) is 7.83. The molecule has 0 radical (unpaired) electrons. The van der Waals surface area contributed by atoms with Crippen LogP contribution in [0.3, 0.4) is 0 Å². The second-order valence-electron chi connectivity index (χ2n) is 2.96. The fraction of sp³-hybridized carbons (Fsp3) is 0.0909. The fourth-order valence-electron chi connectivity index (χ4n) is 1.15. The topological polar surface area (TPSA) is 39.2 Å². The van der Waals surface area contributed by atoms with Gasteiger partial charge < -0.3 is 10.2 Å². The highest BCUT2D eigenvalue weighted by Gasteiger charge is 1.99. The van der Waals surface area contributed by atoms with E-state index in [1.54, 1.807) is 24.3 Å². The zero-order chi connectivity index (χ0) is 9.80. The van der Waals surface area contributed by atoms with Crippen molar-refractivity contribution < 1.29 is 4.42 Å². The molecule has 0 saturated heterocycles. The summed E-state index contributed by atoms with van der Waals surface area (Å²) in [7, 11) is 0. The molecule has 0 aliphatic heterocycles. The molecule has 2 rings (SSSR count). The van der Waals surface area contributed by atoms with Gasteiger partial charge in [0.1, 0.15) is 0 Å². The molecule has 0 bridgehead atoms. The van der Waals surface area contributed by atoms with Crippen LogP contribution in [-0.2, 0) is 5.75 Å².